The SMILES string of the molecule is CCN1CCCC1CN=C(N)NCCc1csc(C)n1.I. The third-order valence-corrected chi connectivity index (χ3v) is 4.55. The molecule has 0 bridgehead atoms. The summed E-state index contributed by atoms with van der Waals surface area (Å²) in [6, 6.07) is 0.571. The topological polar surface area (TPSA) is 66.5 Å². The fourth-order valence-corrected chi connectivity index (χ4v) is 3.27. The van der Waals surface area contributed by atoms with E-state index in [1.165, 1.54) is 19.4 Å². The van der Waals surface area contributed by atoms with Crippen molar-refractivity contribution in [1.29, 1.82) is 0 Å². The van der Waals surface area contributed by atoms with Crippen LogP contribution in [0.5, 0.6) is 0 Å². The fraction of sp³-hybridized carbons (Fsp3) is 0.714. The van der Waals surface area contributed by atoms with E-state index < -0.39 is 0 Å². The average molecular weight is 423 g/mol. The smallest absolute Gasteiger partial charge is 0.188 e. The number of guanidine groups is 1. The molecule has 3 N–H and O–H groups in total. The first-order valence-electron chi connectivity index (χ1n) is 7.38. The largest absolute Gasteiger partial charge is 0.370 e. The van der Waals surface area contributed by atoms with E-state index in [9.17, 15) is 0 Å². The van der Waals surface area contributed by atoms with Crippen LogP contribution in [-0.4, -0.2) is 48.1 Å². The van der Waals surface area contributed by atoms with Crippen LogP contribution in [0.25, 0.3) is 0 Å². The number of aliphatic imine (C=N–C) groups is 1. The van der Waals surface area contributed by atoms with Crippen LogP contribution in [0.2, 0.25) is 0 Å². The second-order valence-corrected chi connectivity index (χ2v) is 6.25. The summed E-state index contributed by atoms with van der Waals surface area (Å²) in [5.41, 5.74) is 7.04. The number of thiazole rings is 1. The minimum Gasteiger partial charge on any atom is -0.370 e. The van der Waals surface area contributed by atoms with Gasteiger partial charge in [0.1, 0.15) is 0 Å². The van der Waals surface area contributed by atoms with Gasteiger partial charge in [0, 0.05) is 24.4 Å². The van der Waals surface area contributed by atoms with E-state index in [2.05, 4.69) is 32.5 Å². The highest BCUT2D eigenvalue weighted by atomic mass is 127. The van der Waals surface area contributed by atoms with Crippen LogP contribution in [0, 0.1) is 6.92 Å². The Labute approximate surface area is 148 Å². The van der Waals surface area contributed by atoms with Crippen molar-refractivity contribution in [3.05, 3.63) is 16.1 Å². The number of aryl methyl sites for hydroxylation is 1. The first-order chi connectivity index (χ1) is 9.69. The van der Waals surface area contributed by atoms with Crippen molar-refractivity contribution in [1.82, 2.24) is 15.2 Å². The molecule has 1 aromatic rings. The van der Waals surface area contributed by atoms with Gasteiger partial charge in [0.05, 0.1) is 17.2 Å². The Morgan fingerprint density at radius 2 is 2.43 bits per heavy atom. The number of hydrogen-bond acceptors (Lipinski definition) is 4. The molecule has 2 rings (SSSR count). The van der Waals surface area contributed by atoms with E-state index in [1.54, 1.807) is 11.3 Å². The molecule has 0 amide bonds. The summed E-state index contributed by atoms with van der Waals surface area (Å²) in [6.45, 7) is 8.14. The molecule has 120 valence electrons. The van der Waals surface area contributed by atoms with Crippen LogP contribution in [0.15, 0.2) is 10.4 Å². The molecule has 2 heterocycles. The lowest BCUT2D eigenvalue weighted by Gasteiger charge is -2.20. The number of likely N-dealkylation sites (N-methyl/N-ethyl adjacent to an activating group) is 1. The van der Waals surface area contributed by atoms with Crippen molar-refractivity contribution in [2.75, 3.05) is 26.2 Å². The second-order valence-electron chi connectivity index (χ2n) is 5.19. The first kappa shape index (κ1) is 18.6. The lowest BCUT2D eigenvalue weighted by molar-refractivity contribution is 0.273. The maximum Gasteiger partial charge on any atom is 0.188 e. The quantitative estimate of drug-likeness (QED) is 0.417. The Morgan fingerprint density at radius 3 is 3.10 bits per heavy atom. The molecule has 7 heteroatoms. The lowest BCUT2D eigenvalue weighted by Crippen LogP contribution is -2.36. The molecule has 0 radical (unpaired) electrons. The Morgan fingerprint density at radius 1 is 1.62 bits per heavy atom. The molecule has 1 aliphatic rings. The van der Waals surface area contributed by atoms with Gasteiger partial charge >= 0.3 is 0 Å². The number of rotatable bonds is 6. The normalized spacial score (nSPS) is 19.5. The van der Waals surface area contributed by atoms with E-state index >= 15 is 0 Å². The summed E-state index contributed by atoms with van der Waals surface area (Å²) in [6.07, 6.45) is 3.42. The molecule has 1 atom stereocenters. The summed E-state index contributed by atoms with van der Waals surface area (Å²) in [7, 11) is 0. The number of likely N-dealkylation sites (tertiary alicyclic amines) is 1. The molecular formula is C14H26IN5S. The molecule has 1 aromatic heterocycles. The maximum atomic E-state index is 5.91. The predicted octanol–water partition coefficient (Wildman–Crippen LogP) is 2.00. The zero-order chi connectivity index (χ0) is 14.4. The fourth-order valence-electron chi connectivity index (χ4n) is 2.62. The second kappa shape index (κ2) is 9.58. The molecule has 1 fully saturated rings. The predicted molar refractivity (Wildman–Crippen MR) is 101 cm³/mol. The van der Waals surface area contributed by atoms with Crippen LogP contribution in [-0.2, 0) is 6.42 Å². The minimum atomic E-state index is 0. The highest BCUT2D eigenvalue weighted by Gasteiger charge is 2.22. The number of halogens is 1. The van der Waals surface area contributed by atoms with Crippen molar-refractivity contribution in [3.63, 3.8) is 0 Å². The van der Waals surface area contributed by atoms with Crippen LogP contribution in [0.3, 0.4) is 0 Å². The van der Waals surface area contributed by atoms with Crippen molar-refractivity contribution in [3.8, 4) is 0 Å². The summed E-state index contributed by atoms with van der Waals surface area (Å²) in [5.74, 6) is 0.555. The highest BCUT2D eigenvalue weighted by molar-refractivity contribution is 14.0. The summed E-state index contributed by atoms with van der Waals surface area (Å²) in [5, 5.41) is 6.38. The van der Waals surface area contributed by atoms with Crippen molar-refractivity contribution >= 4 is 41.3 Å². The molecule has 1 saturated heterocycles. The third kappa shape index (κ3) is 6.07. The van der Waals surface area contributed by atoms with Gasteiger partial charge in [0.25, 0.3) is 0 Å². The number of nitrogens with two attached hydrogens (primary N) is 1. The summed E-state index contributed by atoms with van der Waals surface area (Å²) in [4.78, 5) is 11.4. The van der Waals surface area contributed by atoms with Gasteiger partial charge in [-0.1, -0.05) is 6.92 Å². The Balaban J connectivity index is 0.00000220. The molecule has 1 unspecified atom stereocenters. The van der Waals surface area contributed by atoms with E-state index in [0.29, 0.717) is 12.0 Å². The first-order valence-corrected chi connectivity index (χ1v) is 8.26. The van der Waals surface area contributed by atoms with E-state index in [-0.39, 0.29) is 24.0 Å². The number of hydrogen-bond donors (Lipinski definition) is 2. The van der Waals surface area contributed by atoms with Crippen LogP contribution in [0.1, 0.15) is 30.5 Å². The minimum absolute atomic E-state index is 0. The summed E-state index contributed by atoms with van der Waals surface area (Å²) >= 11 is 1.69. The monoisotopic (exact) mass is 423 g/mol. The van der Waals surface area contributed by atoms with Gasteiger partial charge < -0.3 is 11.1 Å². The lowest BCUT2D eigenvalue weighted by atomic mass is 10.2. The van der Waals surface area contributed by atoms with Crippen molar-refractivity contribution in [2.24, 2.45) is 10.7 Å². The van der Waals surface area contributed by atoms with Gasteiger partial charge in [0.15, 0.2) is 5.96 Å². The highest BCUT2D eigenvalue weighted by Crippen LogP contribution is 2.16. The van der Waals surface area contributed by atoms with Gasteiger partial charge in [-0.25, -0.2) is 4.98 Å². The molecule has 0 aromatic carbocycles. The van der Waals surface area contributed by atoms with Crippen LogP contribution < -0.4 is 11.1 Å². The molecule has 5 nitrogen and oxygen atoms in total. The number of nitrogens with one attached hydrogen (secondary N) is 1. The van der Waals surface area contributed by atoms with Gasteiger partial charge in [-0.05, 0) is 32.9 Å². The van der Waals surface area contributed by atoms with E-state index in [0.717, 1.165) is 36.8 Å². The third-order valence-electron chi connectivity index (χ3n) is 3.73. The zero-order valence-electron chi connectivity index (χ0n) is 12.8. The molecule has 21 heavy (non-hydrogen) atoms. The van der Waals surface area contributed by atoms with E-state index in [4.69, 9.17) is 5.73 Å². The Kier molecular flexibility index (Phi) is 8.50. The molecule has 0 saturated carbocycles. The molecule has 0 aliphatic carbocycles. The van der Waals surface area contributed by atoms with Crippen LogP contribution in [0.4, 0.5) is 0 Å². The van der Waals surface area contributed by atoms with Gasteiger partial charge in [-0.15, -0.1) is 35.3 Å². The molecular weight excluding hydrogens is 397 g/mol. The van der Waals surface area contributed by atoms with Gasteiger partial charge in [-0.3, -0.25) is 9.89 Å². The number of nitrogens with zero attached hydrogens (tertiary/aromatic N) is 3. The van der Waals surface area contributed by atoms with Gasteiger partial charge in [0.2, 0.25) is 0 Å². The zero-order valence-corrected chi connectivity index (χ0v) is 16.0. The molecule has 0 spiro atoms. The van der Waals surface area contributed by atoms with Crippen molar-refractivity contribution < 1.29 is 0 Å². The summed E-state index contributed by atoms with van der Waals surface area (Å²) < 4.78 is 0. The average Bonchev–Trinajstić information content (AvgIpc) is 3.05. The number of aromatic nitrogens is 1. The van der Waals surface area contributed by atoms with Crippen LogP contribution >= 0.6 is 35.3 Å². The van der Waals surface area contributed by atoms with Gasteiger partial charge in [-0.2, -0.15) is 0 Å². The van der Waals surface area contributed by atoms with E-state index in [1.807, 2.05) is 6.92 Å². The Bertz CT molecular complexity index is 448. The Hall–Kier alpha value is -0.410. The maximum absolute atomic E-state index is 5.91. The standard InChI is InChI=1S/C14H25N5S.HI/c1-3-19-8-4-5-13(19)9-17-14(15)16-7-6-12-10-20-11(2)18-12;/h10,13H,3-9H2,1-2H3,(H3,15,16,17);1H. The molecule has 1 aliphatic heterocycles. The van der Waals surface area contributed by atoms with Crippen molar-refractivity contribution in [2.45, 2.75) is 39.2 Å².